The lowest BCUT2D eigenvalue weighted by Gasteiger charge is -2.10. The van der Waals surface area contributed by atoms with Gasteiger partial charge in [0, 0.05) is 11.7 Å². The molecule has 0 spiro atoms. The van der Waals surface area contributed by atoms with Gasteiger partial charge in [0.05, 0.1) is 5.75 Å². The predicted octanol–water partition coefficient (Wildman–Crippen LogP) is 4.17. The topological polar surface area (TPSA) is 59.8 Å². The number of aromatic nitrogens is 3. The highest BCUT2D eigenvalue weighted by atomic mass is 32.2. The highest BCUT2D eigenvalue weighted by molar-refractivity contribution is 7.99. The number of amides is 1. The number of aryl methyl sites for hydroxylation is 1. The van der Waals surface area contributed by atoms with Crippen LogP contribution in [0.4, 0.5) is 5.69 Å². The van der Waals surface area contributed by atoms with Crippen molar-refractivity contribution < 1.29 is 4.79 Å². The standard InChI is InChI=1S/C18H24N4OS/c1-4-12(2)14-5-7-15(8-6-14)19-17(23)11-24-18-21-20-13(3)22(18)16-9-10-16/h5-8,12,16H,4,9-11H2,1-3H3,(H,19,23)/t12-/m0/s1. The number of hydrogen-bond donors (Lipinski definition) is 1. The van der Waals surface area contributed by atoms with Gasteiger partial charge >= 0.3 is 0 Å². The average Bonchev–Trinajstić information content (AvgIpc) is 3.35. The number of carbonyl (C=O) groups excluding carboxylic acids is 1. The summed E-state index contributed by atoms with van der Waals surface area (Å²) in [5.41, 5.74) is 2.14. The fraction of sp³-hybridized carbons (Fsp3) is 0.500. The molecule has 0 bridgehead atoms. The summed E-state index contributed by atoms with van der Waals surface area (Å²) in [6.07, 6.45) is 3.48. The van der Waals surface area contributed by atoms with Crippen molar-refractivity contribution in [3.05, 3.63) is 35.7 Å². The van der Waals surface area contributed by atoms with Crippen molar-refractivity contribution in [1.82, 2.24) is 14.8 Å². The number of thioether (sulfide) groups is 1. The van der Waals surface area contributed by atoms with Crippen LogP contribution in [0.2, 0.25) is 0 Å². The fourth-order valence-corrected chi connectivity index (χ4v) is 3.51. The normalized spacial score (nSPS) is 15.3. The molecule has 5 nitrogen and oxygen atoms in total. The summed E-state index contributed by atoms with van der Waals surface area (Å²) in [7, 11) is 0. The van der Waals surface area contributed by atoms with Crippen LogP contribution < -0.4 is 5.32 Å². The van der Waals surface area contributed by atoms with Gasteiger partial charge < -0.3 is 9.88 Å². The third-order valence-electron chi connectivity index (χ3n) is 4.46. The third-order valence-corrected chi connectivity index (χ3v) is 5.40. The number of hydrogen-bond acceptors (Lipinski definition) is 4. The van der Waals surface area contributed by atoms with Crippen LogP contribution in [0, 0.1) is 6.92 Å². The Morgan fingerprint density at radius 3 is 2.67 bits per heavy atom. The van der Waals surface area contributed by atoms with E-state index in [1.807, 2.05) is 19.1 Å². The van der Waals surface area contributed by atoms with E-state index in [1.54, 1.807) is 0 Å². The molecule has 2 aromatic rings. The number of benzene rings is 1. The zero-order chi connectivity index (χ0) is 17.1. The second kappa shape index (κ2) is 7.38. The van der Waals surface area contributed by atoms with Crippen molar-refractivity contribution in [3.8, 4) is 0 Å². The predicted molar refractivity (Wildman–Crippen MR) is 97.5 cm³/mol. The number of nitrogens with zero attached hydrogens (tertiary/aromatic N) is 3. The quantitative estimate of drug-likeness (QED) is 0.766. The Morgan fingerprint density at radius 2 is 2.04 bits per heavy atom. The van der Waals surface area contributed by atoms with Crippen LogP contribution in [0.15, 0.2) is 29.4 Å². The van der Waals surface area contributed by atoms with E-state index in [0.29, 0.717) is 17.7 Å². The Morgan fingerprint density at radius 1 is 1.33 bits per heavy atom. The van der Waals surface area contributed by atoms with Crippen LogP contribution >= 0.6 is 11.8 Å². The SMILES string of the molecule is CC[C@H](C)c1ccc(NC(=O)CSc2nnc(C)n2C2CC2)cc1. The van der Waals surface area contributed by atoms with Crippen molar-refractivity contribution in [1.29, 1.82) is 0 Å². The van der Waals surface area contributed by atoms with Gasteiger partial charge in [-0.25, -0.2) is 0 Å². The highest BCUT2D eigenvalue weighted by Crippen LogP contribution is 2.38. The molecule has 1 heterocycles. The van der Waals surface area contributed by atoms with Gasteiger partial charge in [0.1, 0.15) is 5.82 Å². The fourth-order valence-electron chi connectivity index (χ4n) is 2.66. The van der Waals surface area contributed by atoms with Gasteiger partial charge in [-0.1, -0.05) is 37.7 Å². The first-order chi connectivity index (χ1) is 11.6. The smallest absolute Gasteiger partial charge is 0.234 e. The Balaban J connectivity index is 1.54. The summed E-state index contributed by atoms with van der Waals surface area (Å²) >= 11 is 1.45. The molecule has 0 radical (unpaired) electrons. The molecule has 0 aliphatic heterocycles. The first kappa shape index (κ1) is 17.0. The maximum absolute atomic E-state index is 12.2. The lowest BCUT2D eigenvalue weighted by atomic mass is 9.99. The van der Waals surface area contributed by atoms with Crippen LogP contribution in [0.25, 0.3) is 0 Å². The van der Waals surface area contributed by atoms with Crippen molar-refractivity contribution in [2.45, 2.75) is 57.1 Å². The first-order valence-electron chi connectivity index (χ1n) is 8.52. The minimum atomic E-state index is -0.0145. The number of nitrogens with one attached hydrogen (secondary N) is 1. The molecule has 0 unspecified atom stereocenters. The lowest BCUT2D eigenvalue weighted by Crippen LogP contribution is -2.14. The van der Waals surface area contributed by atoms with Gasteiger partial charge in [0.25, 0.3) is 0 Å². The van der Waals surface area contributed by atoms with Gasteiger partial charge in [-0.2, -0.15) is 0 Å². The second-order valence-electron chi connectivity index (χ2n) is 6.40. The molecule has 1 atom stereocenters. The Bertz CT molecular complexity index is 706. The van der Waals surface area contributed by atoms with E-state index in [2.05, 4.69) is 46.1 Å². The minimum Gasteiger partial charge on any atom is -0.325 e. The van der Waals surface area contributed by atoms with Gasteiger partial charge in [0.2, 0.25) is 5.91 Å². The Hall–Kier alpha value is -1.82. The monoisotopic (exact) mass is 344 g/mol. The van der Waals surface area contributed by atoms with Crippen molar-refractivity contribution in [2.75, 3.05) is 11.1 Å². The van der Waals surface area contributed by atoms with Gasteiger partial charge in [-0.15, -0.1) is 10.2 Å². The molecule has 3 rings (SSSR count). The van der Waals surface area contributed by atoms with Gasteiger partial charge in [-0.3, -0.25) is 4.79 Å². The largest absolute Gasteiger partial charge is 0.325 e. The molecule has 1 fully saturated rings. The molecule has 1 saturated carbocycles. The van der Waals surface area contributed by atoms with Crippen LogP contribution in [-0.2, 0) is 4.79 Å². The summed E-state index contributed by atoms with van der Waals surface area (Å²) in [4.78, 5) is 12.2. The van der Waals surface area contributed by atoms with E-state index in [0.717, 1.165) is 23.1 Å². The van der Waals surface area contributed by atoms with Gasteiger partial charge in [-0.05, 0) is 49.8 Å². The van der Waals surface area contributed by atoms with E-state index in [1.165, 1.54) is 30.2 Å². The molecule has 1 N–H and O–H groups in total. The average molecular weight is 344 g/mol. The van der Waals surface area contributed by atoms with E-state index in [-0.39, 0.29) is 5.91 Å². The summed E-state index contributed by atoms with van der Waals surface area (Å²) in [6.45, 7) is 6.36. The van der Waals surface area contributed by atoms with E-state index in [4.69, 9.17) is 0 Å². The molecule has 6 heteroatoms. The van der Waals surface area contributed by atoms with Crippen molar-refractivity contribution in [3.63, 3.8) is 0 Å². The molecule has 24 heavy (non-hydrogen) atoms. The van der Waals surface area contributed by atoms with Crippen LogP contribution in [-0.4, -0.2) is 26.4 Å². The molecule has 1 aromatic heterocycles. The Kier molecular flexibility index (Phi) is 5.23. The molecule has 1 aliphatic rings. The zero-order valence-electron chi connectivity index (χ0n) is 14.5. The van der Waals surface area contributed by atoms with E-state index in [9.17, 15) is 4.79 Å². The highest BCUT2D eigenvalue weighted by Gasteiger charge is 2.28. The second-order valence-corrected chi connectivity index (χ2v) is 7.34. The number of carbonyl (C=O) groups is 1. The lowest BCUT2D eigenvalue weighted by molar-refractivity contribution is -0.113. The van der Waals surface area contributed by atoms with Crippen LogP contribution in [0.3, 0.4) is 0 Å². The molecule has 1 amide bonds. The summed E-state index contributed by atoms with van der Waals surface area (Å²) in [6, 6.07) is 8.65. The third kappa shape index (κ3) is 3.98. The maximum Gasteiger partial charge on any atom is 0.234 e. The molecule has 1 aromatic carbocycles. The molecule has 1 aliphatic carbocycles. The van der Waals surface area contributed by atoms with Crippen LogP contribution in [0.5, 0.6) is 0 Å². The maximum atomic E-state index is 12.2. The molecular formula is C18H24N4OS. The number of rotatable bonds is 7. The zero-order valence-corrected chi connectivity index (χ0v) is 15.3. The van der Waals surface area contributed by atoms with Crippen molar-refractivity contribution in [2.24, 2.45) is 0 Å². The Labute approximate surface area is 147 Å². The number of anilines is 1. The summed E-state index contributed by atoms with van der Waals surface area (Å²) in [5.74, 6) is 1.81. The summed E-state index contributed by atoms with van der Waals surface area (Å²) < 4.78 is 2.15. The van der Waals surface area contributed by atoms with Crippen LogP contribution in [0.1, 0.15) is 56.5 Å². The van der Waals surface area contributed by atoms with E-state index >= 15 is 0 Å². The van der Waals surface area contributed by atoms with E-state index < -0.39 is 0 Å². The first-order valence-corrected chi connectivity index (χ1v) is 9.51. The molecule has 128 valence electrons. The molecular weight excluding hydrogens is 320 g/mol. The van der Waals surface area contributed by atoms with Gasteiger partial charge in [0.15, 0.2) is 5.16 Å². The van der Waals surface area contributed by atoms with Crippen molar-refractivity contribution >= 4 is 23.4 Å². The molecule has 0 saturated heterocycles. The summed E-state index contributed by atoms with van der Waals surface area (Å²) in [5, 5.41) is 12.1. The minimum absolute atomic E-state index is 0.0145.